The van der Waals surface area contributed by atoms with Crippen LogP contribution in [0, 0.1) is 24.5 Å². The lowest BCUT2D eigenvalue weighted by Crippen LogP contribution is -2.26. The number of aryl methyl sites for hydroxylation is 1. The van der Waals surface area contributed by atoms with Crippen molar-refractivity contribution in [1.82, 2.24) is 34.7 Å². The zero-order valence-electron chi connectivity index (χ0n) is 19.7. The Morgan fingerprint density at radius 3 is 2.68 bits per heavy atom. The van der Waals surface area contributed by atoms with E-state index in [0.717, 1.165) is 12.1 Å². The smallest absolute Gasteiger partial charge is 0.252 e. The third kappa shape index (κ3) is 3.44. The number of nitrogens with one attached hydrogen (secondary N) is 1. The number of H-pyrrole nitrogens is 1. The lowest BCUT2D eigenvalue weighted by atomic mass is 10.0. The van der Waals surface area contributed by atoms with Crippen LogP contribution in [0.5, 0.6) is 0 Å². The highest BCUT2D eigenvalue weighted by atomic mass is 35.5. The number of nitrogens with zero attached hydrogens (tertiary/aromatic N) is 6. The first-order valence-corrected chi connectivity index (χ1v) is 12.6. The lowest BCUT2D eigenvalue weighted by molar-refractivity contribution is 0.504. The number of hydrogen-bond donors (Lipinski definition) is 1. The summed E-state index contributed by atoms with van der Waals surface area (Å²) >= 11 is 12.7. The SMILES string of the molecule is Cc1ccc(-c2nc(C3C4CC4c4cc(-c5cc(Cl)ccc5-n5cnnn5)cc(=O)n43)[nH]c2Cl)c(F)c1F. The number of aromatic amines is 1. The summed E-state index contributed by atoms with van der Waals surface area (Å²) in [6, 6.07) is 11.3. The van der Waals surface area contributed by atoms with Crippen molar-refractivity contribution >= 4 is 23.2 Å². The Morgan fingerprint density at radius 1 is 1.05 bits per heavy atom. The van der Waals surface area contributed by atoms with Crippen molar-refractivity contribution < 1.29 is 8.78 Å². The second-order valence-electron chi connectivity index (χ2n) is 9.59. The van der Waals surface area contributed by atoms with Gasteiger partial charge in [0.2, 0.25) is 0 Å². The normalized spacial score (nSPS) is 19.4. The number of rotatable bonds is 4. The van der Waals surface area contributed by atoms with Gasteiger partial charge in [0.05, 0.1) is 11.7 Å². The van der Waals surface area contributed by atoms with Crippen LogP contribution in [-0.4, -0.2) is 34.7 Å². The number of imidazole rings is 1. The number of fused-ring (bicyclic) bond motifs is 3. The molecule has 7 rings (SSSR count). The molecule has 4 heterocycles. The van der Waals surface area contributed by atoms with Gasteiger partial charge in [-0.3, -0.25) is 4.79 Å². The van der Waals surface area contributed by atoms with Crippen molar-refractivity contribution in [2.24, 2.45) is 5.92 Å². The molecule has 0 radical (unpaired) electrons. The number of halogens is 4. The van der Waals surface area contributed by atoms with Crippen LogP contribution in [0.1, 0.15) is 35.5 Å². The third-order valence-electron chi connectivity index (χ3n) is 7.36. The molecule has 190 valence electrons. The van der Waals surface area contributed by atoms with E-state index in [0.29, 0.717) is 27.7 Å². The Labute approximate surface area is 223 Å². The van der Waals surface area contributed by atoms with Gasteiger partial charge in [-0.25, -0.2) is 13.8 Å². The van der Waals surface area contributed by atoms with Crippen LogP contribution in [-0.2, 0) is 0 Å². The molecule has 1 aliphatic heterocycles. The number of hydrogen-bond acceptors (Lipinski definition) is 5. The Hall–Kier alpha value is -3.89. The van der Waals surface area contributed by atoms with Crippen molar-refractivity contribution in [2.75, 3.05) is 0 Å². The molecule has 0 bridgehead atoms. The maximum atomic E-state index is 14.7. The van der Waals surface area contributed by atoms with Gasteiger partial charge in [0.25, 0.3) is 5.56 Å². The largest absolute Gasteiger partial charge is 0.331 e. The number of tetrazole rings is 1. The highest BCUT2D eigenvalue weighted by Gasteiger charge is 2.54. The maximum Gasteiger partial charge on any atom is 0.252 e. The molecule has 12 heteroatoms. The summed E-state index contributed by atoms with van der Waals surface area (Å²) in [7, 11) is 0. The molecule has 1 N–H and O–H groups in total. The molecule has 1 fully saturated rings. The van der Waals surface area contributed by atoms with Crippen molar-refractivity contribution in [1.29, 1.82) is 0 Å². The quantitative estimate of drug-likeness (QED) is 0.319. The highest BCUT2D eigenvalue weighted by molar-refractivity contribution is 6.32. The second-order valence-corrected chi connectivity index (χ2v) is 10.4. The first-order chi connectivity index (χ1) is 18.3. The van der Waals surface area contributed by atoms with E-state index < -0.39 is 17.7 Å². The molecule has 8 nitrogen and oxygen atoms in total. The first kappa shape index (κ1) is 23.2. The standard InChI is InChI=1S/C26H17Cl2F2N7O/c1-11-2-4-14(22(30)21(11)29)23-25(28)33-26(32-23)24-17-9-16(17)19-6-12(7-20(38)37(19)24)15-8-13(27)3-5-18(15)36-10-31-34-35-36/h2-8,10,16-17,24H,9H2,1H3,(H,32,33). The van der Waals surface area contributed by atoms with Crippen LogP contribution in [0.15, 0.2) is 53.6 Å². The molecule has 1 aliphatic carbocycles. The van der Waals surface area contributed by atoms with Gasteiger partial charge in [-0.05, 0) is 71.1 Å². The molecule has 2 aromatic carbocycles. The van der Waals surface area contributed by atoms with Crippen LogP contribution in [0.2, 0.25) is 10.2 Å². The Balaban J connectivity index is 1.33. The van der Waals surface area contributed by atoms with Gasteiger partial charge in [0.15, 0.2) is 11.6 Å². The average Bonchev–Trinajstić information content (AvgIpc) is 3.20. The summed E-state index contributed by atoms with van der Waals surface area (Å²) in [6.07, 6.45) is 2.34. The zero-order valence-corrected chi connectivity index (χ0v) is 21.2. The van der Waals surface area contributed by atoms with Gasteiger partial charge in [-0.15, -0.1) is 5.10 Å². The molecule has 5 aromatic rings. The minimum absolute atomic E-state index is 0.0371. The topological polar surface area (TPSA) is 94.3 Å². The fourth-order valence-corrected chi connectivity index (χ4v) is 5.90. The number of aromatic nitrogens is 7. The van der Waals surface area contributed by atoms with E-state index >= 15 is 0 Å². The summed E-state index contributed by atoms with van der Waals surface area (Å²) in [5.74, 6) is -1.23. The van der Waals surface area contributed by atoms with E-state index in [1.165, 1.54) is 30.1 Å². The Bertz CT molecular complexity index is 1820. The predicted molar refractivity (Wildman–Crippen MR) is 137 cm³/mol. The lowest BCUT2D eigenvalue weighted by Gasteiger charge is -2.17. The van der Waals surface area contributed by atoms with Gasteiger partial charge in [-0.2, -0.15) is 4.68 Å². The molecule has 0 spiro atoms. The molecule has 2 aliphatic rings. The van der Waals surface area contributed by atoms with E-state index in [-0.39, 0.29) is 39.4 Å². The third-order valence-corrected chi connectivity index (χ3v) is 7.86. The molecule has 3 atom stereocenters. The minimum atomic E-state index is -1.01. The molecule has 0 amide bonds. The summed E-state index contributed by atoms with van der Waals surface area (Å²) in [6.45, 7) is 1.48. The van der Waals surface area contributed by atoms with Crippen LogP contribution < -0.4 is 5.56 Å². The maximum absolute atomic E-state index is 14.7. The van der Waals surface area contributed by atoms with E-state index in [1.807, 2.05) is 6.07 Å². The number of pyridine rings is 1. The Morgan fingerprint density at radius 2 is 1.89 bits per heavy atom. The van der Waals surface area contributed by atoms with Gasteiger partial charge in [-0.1, -0.05) is 29.3 Å². The molecular formula is C26H17Cl2F2N7O. The van der Waals surface area contributed by atoms with Crippen molar-refractivity contribution in [2.45, 2.75) is 25.3 Å². The van der Waals surface area contributed by atoms with E-state index in [9.17, 15) is 13.6 Å². The molecule has 0 saturated heterocycles. The molecule has 3 aromatic heterocycles. The van der Waals surface area contributed by atoms with E-state index in [4.69, 9.17) is 23.2 Å². The van der Waals surface area contributed by atoms with Crippen molar-refractivity contribution in [3.8, 4) is 28.1 Å². The first-order valence-electron chi connectivity index (χ1n) is 11.8. The summed E-state index contributed by atoms with van der Waals surface area (Å²) < 4.78 is 32.2. The van der Waals surface area contributed by atoms with Crippen LogP contribution >= 0.6 is 23.2 Å². The summed E-state index contributed by atoms with van der Waals surface area (Å²) in [5, 5.41) is 12.0. The summed E-state index contributed by atoms with van der Waals surface area (Å²) in [4.78, 5) is 21.1. The zero-order chi connectivity index (χ0) is 26.3. The molecular weight excluding hydrogens is 535 g/mol. The highest BCUT2D eigenvalue weighted by Crippen LogP contribution is 2.60. The summed E-state index contributed by atoms with van der Waals surface area (Å²) in [5.41, 5.74) is 2.99. The number of benzene rings is 2. The van der Waals surface area contributed by atoms with Gasteiger partial charge in [0.1, 0.15) is 23.0 Å². The average molecular weight is 552 g/mol. The minimum Gasteiger partial charge on any atom is -0.331 e. The van der Waals surface area contributed by atoms with Gasteiger partial charge in [0, 0.05) is 33.8 Å². The Kier molecular flexibility index (Phi) is 5.08. The van der Waals surface area contributed by atoms with Gasteiger partial charge >= 0.3 is 0 Å². The van der Waals surface area contributed by atoms with Crippen molar-refractivity contribution in [3.05, 3.63) is 98.0 Å². The van der Waals surface area contributed by atoms with E-state index in [2.05, 4.69) is 25.5 Å². The predicted octanol–water partition coefficient (Wildman–Crippen LogP) is 5.48. The molecule has 1 saturated carbocycles. The van der Waals surface area contributed by atoms with Crippen LogP contribution in [0.3, 0.4) is 0 Å². The van der Waals surface area contributed by atoms with Crippen LogP contribution in [0.25, 0.3) is 28.1 Å². The second kappa shape index (κ2) is 8.31. The van der Waals surface area contributed by atoms with Gasteiger partial charge < -0.3 is 9.55 Å². The fourth-order valence-electron chi connectivity index (χ4n) is 5.49. The molecule has 38 heavy (non-hydrogen) atoms. The molecule has 3 unspecified atom stereocenters. The fraction of sp³-hybridized carbons (Fsp3) is 0.192. The van der Waals surface area contributed by atoms with E-state index in [1.54, 1.807) is 28.8 Å². The van der Waals surface area contributed by atoms with Crippen LogP contribution in [0.4, 0.5) is 8.78 Å². The monoisotopic (exact) mass is 551 g/mol. The van der Waals surface area contributed by atoms with Crippen molar-refractivity contribution in [3.63, 3.8) is 0 Å².